The molecule has 1 rings (SSSR count). The zero-order valence-electron chi connectivity index (χ0n) is 7.81. The van der Waals surface area contributed by atoms with E-state index in [1.54, 1.807) is 0 Å². The van der Waals surface area contributed by atoms with E-state index in [1.807, 2.05) is 30.3 Å². The highest BCUT2D eigenvalue weighted by Crippen LogP contribution is 2.04. The van der Waals surface area contributed by atoms with Crippen LogP contribution in [-0.2, 0) is 4.79 Å². The van der Waals surface area contributed by atoms with E-state index in [9.17, 15) is 4.79 Å². The number of para-hydroxylation sites is 1. The van der Waals surface area contributed by atoms with Crippen molar-refractivity contribution in [3.05, 3.63) is 30.3 Å². The van der Waals surface area contributed by atoms with Crippen LogP contribution < -0.4 is 11.1 Å². The summed E-state index contributed by atoms with van der Waals surface area (Å²) in [5.74, 6) is -0.868. The van der Waals surface area contributed by atoms with E-state index in [1.165, 1.54) is 0 Å². The molecule has 0 aliphatic rings. The van der Waals surface area contributed by atoms with E-state index in [2.05, 4.69) is 5.32 Å². The minimum absolute atomic E-state index is 0.0141. The second-order valence-electron chi connectivity index (χ2n) is 3.10. The van der Waals surface area contributed by atoms with Gasteiger partial charge in [-0.05, 0) is 12.1 Å². The van der Waals surface area contributed by atoms with Gasteiger partial charge in [0.1, 0.15) is 0 Å². The maximum Gasteiger partial charge on any atom is 0.304 e. The molecule has 4 heteroatoms. The van der Waals surface area contributed by atoms with Crippen LogP contribution >= 0.6 is 0 Å². The minimum atomic E-state index is -0.868. The lowest BCUT2D eigenvalue weighted by atomic mass is 10.2. The van der Waals surface area contributed by atoms with Crippen LogP contribution in [0.4, 0.5) is 5.69 Å². The number of rotatable bonds is 5. The second kappa shape index (κ2) is 5.24. The first-order valence-corrected chi connectivity index (χ1v) is 4.45. The number of carboxylic acids is 1. The molecule has 0 aromatic heterocycles. The van der Waals surface area contributed by atoms with Gasteiger partial charge in [-0.3, -0.25) is 4.79 Å². The zero-order valence-corrected chi connectivity index (χ0v) is 7.81. The van der Waals surface area contributed by atoms with Crippen molar-refractivity contribution >= 4 is 11.7 Å². The van der Waals surface area contributed by atoms with Crippen molar-refractivity contribution in [3.8, 4) is 0 Å². The summed E-state index contributed by atoms with van der Waals surface area (Å²) in [7, 11) is 0. The topological polar surface area (TPSA) is 75.3 Å². The van der Waals surface area contributed by atoms with Gasteiger partial charge in [-0.2, -0.15) is 0 Å². The van der Waals surface area contributed by atoms with Crippen molar-refractivity contribution in [2.45, 2.75) is 12.5 Å². The van der Waals surface area contributed by atoms with Crippen LogP contribution in [0.25, 0.3) is 0 Å². The highest BCUT2D eigenvalue weighted by Gasteiger charge is 2.06. The third-order valence-corrected chi connectivity index (χ3v) is 1.78. The third kappa shape index (κ3) is 3.91. The van der Waals surface area contributed by atoms with Gasteiger partial charge in [0.15, 0.2) is 0 Å². The monoisotopic (exact) mass is 194 g/mol. The Morgan fingerprint density at radius 2 is 2.07 bits per heavy atom. The molecular weight excluding hydrogens is 180 g/mol. The quantitative estimate of drug-likeness (QED) is 0.651. The first kappa shape index (κ1) is 10.5. The summed E-state index contributed by atoms with van der Waals surface area (Å²) in [6.45, 7) is 0.469. The molecule has 14 heavy (non-hydrogen) atoms. The number of carboxylic acid groups (broad SMARTS) is 1. The molecule has 1 atom stereocenters. The van der Waals surface area contributed by atoms with Gasteiger partial charge >= 0.3 is 5.97 Å². The predicted octanol–water partition coefficient (Wildman–Crippen LogP) is 0.900. The van der Waals surface area contributed by atoms with Gasteiger partial charge in [0.05, 0.1) is 6.42 Å². The predicted molar refractivity (Wildman–Crippen MR) is 55.2 cm³/mol. The van der Waals surface area contributed by atoms with Crippen molar-refractivity contribution < 1.29 is 9.90 Å². The number of hydrogen-bond acceptors (Lipinski definition) is 3. The Kier molecular flexibility index (Phi) is 3.94. The normalized spacial score (nSPS) is 12.1. The van der Waals surface area contributed by atoms with Crippen molar-refractivity contribution in [3.63, 3.8) is 0 Å². The number of carbonyl (C=O) groups is 1. The molecule has 0 spiro atoms. The molecule has 0 bridgehead atoms. The smallest absolute Gasteiger partial charge is 0.304 e. The van der Waals surface area contributed by atoms with E-state index >= 15 is 0 Å². The van der Waals surface area contributed by atoms with Crippen molar-refractivity contribution in [2.75, 3.05) is 11.9 Å². The lowest BCUT2D eigenvalue weighted by Gasteiger charge is -2.11. The van der Waals surface area contributed by atoms with E-state index in [0.29, 0.717) is 6.54 Å². The standard InChI is InChI=1S/C10H14N2O2/c11-8(6-10(13)14)7-12-9-4-2-1-3-5-9/h1-5,8,12H,6-7,11H2,(H,13,14). The molecule has 0 fully saturated rings. The van der Waals surface area contributed by atoms with Crippen LogP contribution in [0.1, 0.15) is 6.42 Å². The van der Waals surface area contributed by atoms with Gasteiger partial charge < -0.3 is 16.2 Å². The highest BCUT2D eigenvalue weighted by molar-refractivity contribution is 5.67. The lowest BCUT2D eigenvalue weighted by Crippen LogP contribution is -2.31. The Labute approximate surface area is 82.7 Å². The molecule has 1 unspecified atom stereocenters. The van der Waals surface area contributed by atoms with Crippen LogP contribution in [0.2, 0.25) is 0 Å². The molecule has 0 amide bonds. The fourth-order valence-electron chi connectivity index (χ4n) is 1.10. The number of benzene rings is 1. The summed E-state index contributed by atoms with van der Waals surface area (Å²) in [4.78, 5) is 10.3. The fraction of sp³-hybridized carbons (Fsp3) is 0.300. The van der Waals surface area contributed by atoms with Crippen LogP contribution in [0.3, 0.4) is 0 Å². The molecule has 0 aliphatic heterocycles. The Balaban J connectivity index is 2.30. The Morgan fingerprint density at radius 1 is 1.43 bits per heavy atom. The summed E-state index contributed by atoms with van der Waals surface area (Å²) in [6, 6.07) is 9.20. The number of nitrogens with two attached hydrogens (primary N) is 1. The third-order valence-electron chi connectivity index (χ3n) is 1.78. The van der Waals surface area contributed by atoms with Gasteiger partial charge in [-0.25, -0.2) is 0 Å². The summed E-state index contributed by atoms with van der Waals surface area (Å²) in [5, 5.41) is 11.5. The molecule has 1 aromatic rings. The number of aliphatic carboxylic acids is 1. The van der Waals surface area contributed by atoms with E-state index in [4.69, 9.17) is 10.8 Å². The molecule has 0 heterocycles. The summed E-state index contributed by atoms with van der Waals surface area (Å²) < 4.78 is 0. The first-order chi connectivity index (χ1) is 6.68. The SMILES string of the molecule is NC(CNc1ccccc1)CC(=O)O. The van der Waals surface area contributed by atoms with E-state index < -0.39 is 5.97 Å². The van der Waals surface area contributed by atoms with Crippen LogP contribution in [0, 0.1) is 0 Å². The maximum atomic E-state index is 10.3. The maximum absolute atomic E-state index is 10.3. The molecule has 0 saturated carbocycles. The van der Waals surface area contributed by atoms with E-state index in [-0.39, 0.29) is 12.5 Å². The summed E-state index contributed by atoms with van der Waals surface area (Å²) in [6.07, 6.45) is -0.0141. The Bertz CT molecular complexity index is 287. The van der Waals surface area contributed by atoms with Crippen LogP contribution in [0.5, 0.6) is 0 Å². The van der Waals surface area contributed by atoms with Gasteiger partial charge in [0.25, 0.3) is 0 Å². The van der Waals surface area contributed by atoms with Crippen LogP contribution in [0.15, 0.2) is 30.3 Å². The molecule has 76 valence electrons. The zero-order chi connectivity index (χ0) is 10.4. The Hall–Kier alpha value is -1.55. The van der Waals surface area contributed by atoms with Gasteiger partial charge in [0.2, 0.25) is 0 Å². The highest BCUT2D eigenvalue weighted by atomic mass is 16.4. The Morgan fingerprint density at radius 3 is 2.64 bits per heavy atom. The average molecular weight is 194 g/mol. The van der Waals surface area contributed by atoms with Gasteiger partial charge in [0, 0.05) is 18.3 Å². The second-order valence-corrected chi connectivity index (χ2v) is 3.10. The molecule has 0 radical (unpaired) electrons. The number of nitrogens with one attached hydrogen (secondary N) is 1. The average Bonchev–Trinajstić information content (AvgIpc) is 2.15. The molecule has 4 nitrogen and oxygen atoms in total. The lowest BCUT2D eigenvalue weighted by molar-refractivity contribution is -0.137. The number of anilines is 1. The molecular formula is C10H14N2O2. The fourth-order valence-corrected chi connectivity index (χ4v) is 1.10. The summed E-state index contributed by atoms with van der Waals surface area (Å²) in [5.41, 5.74) is 6.53. The van der Waals surface area contributed by atoms with Gasteiger partial charge in [-0.1, -0.05) is 18.2 Å². The van der Waals surface area contributed by atoms with E-state index in [0.717, 1.165) is 5.69 Å². The first-order valence-electron chi connectivity index (χ1n) is 4.45. The molecule has 0 aliphatic carbocycles. The minimum Gasteiger partial charge on any atom is -0.481 e. The van der Waals surface area contributed by atoms with Crippen molar-refractivity contribution in [2.24, 2.45) is 5.73 Å². The molecule has 4 N–H and O–H groups in total. The van der Waals surface area contributed by atoms with Crippen LogP contribution in [-0.4, -0.2) is 23.7 Å². The van der Waals surface area contributed by atoms with Crippen molar-refractivity contribution in [1.29, 1.82) is 0 Å². The largest absolute Gasteiger partial charge is 0.481 e. The molecule has 0 saturated heterocycles. The number of hydrogen-bond donors (Lipinski definition) is 3. The molecule has 1 aromatic carbocycles. The van der Waals surface area contributed by atoms with Gasteiger partial charge in [-0.15, -0.1) is 0 Å². The summed E-state index contributed by atoms with van der Waals surface area (Å²) >= 11 is 0. The van der Waals surface area contributed by atoms with Crippen molar-refractivity contribution in [1.82, 2.24) is 0 Å².